The normalized spacial score (nSPS) is 14.5. The number of rotatable bonds is 5. The van der Waals surface area contributed by atoms with Crippen LogP contribution in [0.5, 0.6) is 0 Å². The summed E-state index contributed by atoms with van der Waals surface area (Å²) < 4.78 is 1.76. The number of aliphatic imine (C=N–C) groups is 1. The molecule has 1 aliphatic heterocycles. The highest BCUT2D eigenvalue weighted by Crippen LogP contribution is 2.39. The maximum absolute atomic E-state index is 11.7. The van der Waals surface area contributed by atoms with E-state index in [1.165, 1.54) is 0 Å². The molecule has 8 nitrogen and oxygen atoms in total. The second kappa shape index (κ2) is 8.91. The van der Waals surface area contributed by atoms with Crippen LogP contribution in [-0.4, -0.2) is 36.7 Å². The second-order valence-electron chi connectivity index (χ2n) is 8.29. The van der Waals surface area contributed by atoms with Crippen molar-refractivity contribution in [1.82, 2.24) is 14.8 Å². The Hall–Kier alpha value is -4.13. The first-order chi connectivity index (χ1) is 16.9. The van der Waals surface area contributed by atoms with E-state index in [9.17, 15) is 20.3 Å². The van der Waals surface area contributed by atoms with Crippen molar-refractivity contribution in [3.05, 3.63) is 87.3 Å². The molecule has 0 bridgehead atoms. The van der Waals surface area contributed by atoms with Crippen molar-refractivity contribution >= 4 is 23.0 Å². The van der Waals surface area contributed by atoms with Crippen LogP contribution < -0.4 is 0 Å². The third kappa shape index (κ3) is 3.93. The minimum atomic E-state index is -0.996. The van der Waals surface area contributed by atoms with Crippen molar-refractivity contribution in [2.24, 2.45) is 4.99 Å². The molecule has 0 saturated carbocycles. The van der Waals surface area contributed by atoms with Crippen LogP contribution in [-0.2, 0) is 11.4 Å². The Labute approximate surface area is 205 Å². The van der Waals surface area contributed by atoms with E-state index in [0.29, 0.717) is 22.9 Å². The van der Waals surface area contributed by atoms with Crippen LogP contribution in [0.4, 0.5) is 0 Å². The summed E-state index contributed by atoms with van der Waals surface area (Å²) in [5.41, 5.74) is 5.92. The molecule has 4 aromatic rings. The van der Waals surface area contributed by atoms with Gasteiger partial charge in [-0.1, -0.05) is 36.4 Å². The first kappa shape index (κ1) is 22.7. The van der Waals surface area contributed by atoms with Gasteiger partial charge in [0, 0.05) is 16.0 Å². The minimum Gasteiger partial charge on any atom is -0.481 e. The number of aryl methyl sites for hydroxylation is 1. The van der Waals surface area contributed by atoms with E-state index in [4.69, 9.17) is 4.99 Å². The van der Waals surface area contributed by atoms with Gasteiger partial charge in [-0.3, -0.25) is 14.4 Å². The van der Waals surface area contributed by atoms with E-state index >= 15 is 0 Å². The van der Waals surface area contributed by atoms with Crippen molar-refractivity contribution in [3.63, 3.8) is 0 Å². The molecule has 0 saturated heterocycles. The lowest BCUT2D eigenvalue weighted by molar-refractivity contribution is -0.137. The third-order valence-electron chi connectivity index (χ3n) is 6.14. The van der Waals surface area contributed by atoms with Gasteiger partial charge in [0.25, 0.3) is 0 Å². The number of aliphatic carboxylic acids is 1. The molecule has 2 aromatic heterocycles. The summed E-state index contributed by atoms with van der Waals surface area (Å²) in [5, 5.41) is 37.8. The van der Waals surface area contributed by atoms with E-state index < -0.39 is 12.0 Å². The number of carbonyl (C=O) groups is 1. The molecule has 0 fully saturated rings. The zero-order valence-electron chi connectivity index (χ0n) is 19.1. The number of thiophene rings is 1. The standard InChI is InChI=1S/C26H21N5O3S/c1-14-15(2)35-26-23(14)24(28-20(11-22(33)34)25-30-29-21(13-32)31(25)26)18-8-6-17(7-9-18)19-5-3-4-16(10-19)12-27/h3-10,20,32H,11,13H2,1-2H3,(H,33,34)/t20-/m0/s1. The predicted octanol–water partition coefficient (Wildman–Crippen LogP) is 4.34. The number of aliphatic hydroxyl groups excluding tert-OH is 1. The molecule has 1 aliphatic rings. The van der Waals surface area contributed by atoms with Gasteiger partial charge in [-0.25, -0.2) is 0 Å². The lowest BCUT2D eigenvalue weighted by Gasteiger charge is -2.11. The Bertz CT molecular complexity index is 1530. The molecule has 35 heavy (non-hydrogen) atoms. The molecule has 0 aliphatic carbocycles. The number of aromatic nitrogens is 3. The maximum Gasteiger partial charge on any atom is 0.306 e. The summed E-state index contributed by atoms with van der Waals surface area (Å²) >= 11 is 1.54. The molecule has 2 aromatic carbocycles. The largest absolute Gasteiger partial charge is 0.481 e. The lowest BCUT2D eigenvalue weighted by atomic mass is 9.96. The molecular weight excluding hydrogens is 462 g/mol. The fraction of sp³-hybridized carbons (Fsp3) is 0.192. The van der Waals surface area contributed by atoms with Crippen LogP contribution in [0.25, 0.3) is 16.1 Å². The van der Waals surface area contributed by atoms with Crippen molar-refractivity contribution < 1.29 is 15.0 Å². The smallest absolute Gasteiger partial charge is 0.306 e. The van der Waals surface area contributed by atoms with Gasteiger partial charge in [0.15, 0.2) is 11.6 Å². The Morgan fingerprint density at radius 3 is 2.54 bits per heavy atom. The monoisotopic (exact) mass is 483 g/mol. The number of fused-ring (bicyclic) bond motifs is 3. The second-order valence-corrected chi connectivity index (χ2v) is 9.50. The molecule has 9 heteroatoms. The third-order valence-corrected chi connectivity index (χ3v) is 7.33. The number of hydrogen-bond donors (Lipinski definition) is 2. The van der Waals surface area contributed by atoms with E-state index in [1.54, 1.807) is 22.0 Å². The zero-order chi connectivity index (χ0) is 24.7. The Morgan fingerprint density at radius 2 is 1.86 bits per heavy atom. The quantitative estimate of drug-likeness (QED) is 0.435. The van der Waals surface area contributed by atoms with Gasteiger partial charge in [-0.15, -0.1) is 21.5 Å². The van der Waals surface area contributed by atoms with Gasteiger partial charge in [-0.05, 0) is 42.7 Å². The minimum absolute atomic E-state index is 0.251. The lowest BCUT2D eigenvalue weighted by Crippen LogP contribution is -2.11. The summed E-state index contributed by atoms with van der Waals surface area (Å²) in [4.78, 5) is 17.7. The average molecular weight is 484 g/mol. The van der Waals surface area contributed by atoms with Gasteiger partial charge in [-0.2, -0.15) is 5.26 Å². The molecule has 3 heterocycles. The van der Waals surface area contributed by atoms with E-state index in [-0.39, 0.29) is 13.0 Å². The Morgan fingerprint density at radius 1 is 1.11 bits per heavy atom. The van der Waals surface area contributed by atoms with Crippen LogP contribution in [0.2, 0.25) is 0 Å². The molecule has 0 spiro atoms. The van der Waals surface area contributed by atoms with Crippen LogP contribution >= 0.6 is 11.3 Å². The van der Waals surface area contributed by atoms with Gasteiger partial charge < -0.3 is 10.2 Å². The number of nitriles is 1. The molecule has 5 rings (SSSR count). The number of benzene rings is 2. The van der Waals surface area contributed by atoms with Gasteiger partial charge in [0.05, 0.1) is 23.8 Å². The highest BCUT2D eigenvalue weighted by atomic mass is 32.1. The highest BCUT2D eigenvalue weighted by Gasteiger charge is 2.32. The SMILES string of the molecule is Cc1sc2c(c1C)C(c1ccc(-c3cccc(C#N)c3)cc1)=N[C@@H](CC(=O)O)c1nnc(CO)n1-2. The zero-order valence-corrected chi connectivity index (χ0v) is 19.9. The summed E-state index contributed by atoms with van der Waals surface area (Å²) in [5.74, 6) is -0.245. The molecule has 0 amide bonds. The van der Waals surface area contributed by atoms with Crippen LogP contribution in [0.15, 0.2) is 53.5 Å². The summed E-state index contributed by atoms with van der Waals surface area (Å²) in [6, 6.07) is 16.7. The highest BCUT2D eigenvalue weighted by molar-refractivity contribution is 7.15. The number of hydrogen-bond acceptors (Lipinski definition) is 7. The number of carboxylic acid groups (broad SMARTS) is 1. The van der Waals surface area contributed by atoms with Gasteiger partial charge >= 0.3 is 5.97 Å². The van der Waals surface area contributed by atoms with Crippen molar-refractivity contribution in [2.45, 2.75) is 32.9 Å². The first-order valence-corrected chi connectivity index (χ1v) is 11.8. The summed E-state index contributed by atoms with van der Waals surface area (Å²) in [6.07, 6.45) is -0.251. The van der Waals surface area contributed by atoms with Crippen LogP contribution in [0.3, 0.4) is 0 Å². The molecule has 2 N–H and O–H groups in total. The van der Waals surface area contributed by atoms with Crippen molar-refractivity contribution in [1.29, 1.82) is 5.26 Å². The molecule has 0 unspecified atom stereocenters. The molecule has 0 radical (unpaired) electrons. The molecule has 1 atom stereocenters. The van der Waals surface area contributed by atoms with Gasteiger partial charge in [0.2, 0.25) is 0 Å². The topological polar surface area (TPSA) is 124 Å². The Kier molecular flexibility index (Phi) is 5.76. The molecule has 174 valence electrons. The number of aliphatic hydroxyl groups is 1. The summed E-state index contributed by atoms with van der Waals surface area (Å²) in [7, 11) is 0. The number of nitrogens with zero attached hydrogens (tertiary/aromatic N) is 5. The van der Waals surface area contributed by atoms with Crippen molar-refractivity contribution in [3.8, 4) is 22.2 Å². The van der Waals surface area contributed by atoms with E-state index in [2.05, 4.69) is 16.3 Å². The fourth-order valence-corrected chi connectivity index (χ4v) is 5.49. The van der Waals surface area contributed by atoms with Gasteiger partial charge in [0.1, 0.15) is 17.6 Å². The average Bonchev–Trinajstić information content (AvgIpc) is 3.38. The Balaban J connectivity index is 1.68. The maximum atomic E-state index is 11.7. The van der Waals surface area contributed by atoms with Crippen LogP contribution in [0, 0.1) is 25.2 Å². The van der Waals surface area contributed by atoms with Crippen LogP contribution in [0.1, 0.15) is 51.2 Å². The fourth-order valence-electron chi connectivity index (χ4n) is 4.30. The van der Waals surface area contributed by atoms with E-state index in [0.717, 1.165) is 37.7 Å². The van der Waals surface area contributed by atoms with Crippen molar-refractivity contribution in [2.75, 3.05) is 0 Å². The summed E-state index contributed by atoms with van der Waals surface area (Å²) in [6.45, 7) is 3.71. The first-order valence-electron chi connectivity index (χ1n) is 11.0. The van der Waals surface area contributed by atoms with E-state index in [1.807, 2.05) is 56.3 Å². The number of carboxylic acids is 1. The molecular formula is C26H21N5O3S. The predicted molar refractivity (Wildman–Crippen MR) is 132 cm³/mol.